The summed E-state index contributed by atoms with van der Waals surface area (Å²) >= 11 is 0. The number of carbonyl (C=O) groups is 2. The van der Waals surface area contributed by atoms with Gasteiger partial charge >= 0.3 is 0 Å². The van der Waals surface area contributed by atoms with E-state index in [0.717, 1.165) is 22.1 Å². The maximum Gasteiger partial charge on any atom is 0.264 e. The fourth-order valence-corrected chi connectivity index (χ4v) is 3.93. The van der Waals surface area contributed by atoms with Crippen molar-refractivity contribution >= 4 is 28.2 Å². The second-order valence-electron chi connectivity index (χ2n) is 7.57. The third-order valence-electron chi connectivity index (χ3n) is 5.30. The first-order valence-electron chi connectivity index (χ1n) is 9.65. The molecule has 1 atom stereocenters. The number of rotatable bonds is 6. The largest absolute Gasteiger partial charge is 0.492 e. The number of amides is 1. The maximum atomic E-state index is 13.0. The third kappa shape index (κ3) is 3.49. The molecule has 3 aromatic carbocycles. The van der Waals surface area contributed by atoms with Crippen LogP contribution in [0.5, 0.6) is 5.75 Å². The Morgan fingerprint density at radius 3 is 2.59 bits per heavy atom. The minimum atomic E-state index is -1.81. The lowest BCUT2D eigenvalue weighted by atomic mass is 9.89. The lowest BCUT2D eigenvalue weighted by Gasteiger charge is -2.22. The van der Waals surface area contributed by atoms with E-state index in [-0.39, 0.29) is 25.4 Å². The number of ketones is 1. The van der Waals surface area contributed by atoms with Crippen molar-refractivity contribution in [3.63, 3.8) is 0 Å². The van der Waals surface area contributed by atoms with Crippen LogP contribution in [0, 0.1) is 6.92 Å². The highest BCUT2D eigenvalue weighted by Crippen LogP contribution is 2.42. The van der Waals surface area contributed by atoms with E-state index in [1.807, 2.05) is 61.5 Å². The molecule has 0 aliphatic carbocycles. The molecule has 1 N–H and O–H groups in total. The Labute approximate surface area is 169 Å². The van der Waals surface area contributed by atoms with E-state index in [0.29, 0.717) is 11.3 Å². The molecule has 0 aromatic heterocycles. The SMILES string of the molecule is CC(=O)C[C@@]1(O)C(=O)N(CCOc2ccc3ccccc3c2)c2ccc(C)cc21. The quantitative estimate of drug-likeness (QED) is 0.697. The molecule has 0 saturated carbocycles. The van der Waals surface area contributed by atoms with Gasteiger partial charge in [-0.2, -0.15) is 0 Å². The average Bonchev–Trinajstić information content (AvgIpc) is 2.89. The Morgan fingerprint density at radius 1 is 1.07 bits per heavy atom. The van der Waals surface area contributed by atoms with Crippen LogP contribution in [0.1, 0.15) is 24.5 Å². The van der Waals surface area contributed by atoms with E-state index < -0.39 is 11.5 Å². The lowest BCUT2D eigenvalue weighted by molar-refractivity contribution is -0.141. The number of aryl methyl sites for hydroxylation is 1. The molecule has 0 unspecified atom stereocenters. The normalized spacial score (nSPS) is 18.2. The highest BCUT2D eigenvalue weighted by molar-refractivity contribution is 6.08. The zero-order valence-electron chi connectivity index (χ0n) is 16.5. The van der Waals surface area contributed by atoms with Gasteiger partial charge in [-0.3, -0.25) is 9.59 Å². The number of hydrogen-bond donors (Lipinski definition) is 1. The summed E-state index contributed by atoms with van der Waals surface area (Å²) in [6, 6.07) is 19.4. The van der Waals surface area contributed by atoms with Crippen LogP contribution in [0.2, 0.25) is 0 Å². The van der Waals surface area contributed by atoms with E-state index in [9.17, 15) is 14.7 Å². The summed E-state index contributed by atoms with van der Waals surface area (Å²) in [5, 5.41) is 13.3. The van der Waals surface area contributed by atoms with Gasteiger partial charge in [0, 0.05) is 12.0 Å². The predicted molar refractivity (Wildman–Crippen MR) is 112 cm³/mol. The Bertz CT molecular complexity index is 1110. The van der Waals surface area contributed by atoms with E-state index >= 15 is 0 Å². The first kappa shape index (κ1) is 19.2. The maximum absolute atomic E-state index is 13.0. The monoisotopic (exact) mass is 389 g/mol. The van der Waals surface area contributed by atoms with E-state index in [2.05, 4.69) is 0 Å². The van der Waals surface area contributed by atoms with Crippen LogP contribution in [-0.4, -0.2) is 29.9 Å². The summed E-state index contributed by atoms with van der Waals surface area (Å²) in [6.07, 6.45) is -0.232. The third-order valence-corrected chi connectivity index (χ3v) is 5.30. The zero-order chi connectivity index (χ0) is 20.6. The van der Waals surface area contributed by atoms with Gasteiger partial charge in [-0.1, -0.05) is 48.0 Å². The van der Waals surface area contributed by atoms with Crippen molar-refractivity contribution in [2.24, 2.45) is 0 Å². The first-order valence-corrected chi connectivity index (χ1v) is 9.65. The van der Waals surface area contributed by atoms with Gasteiger partial charge in [0.1, 0.15) is 18.1 Å². The Balaban J connectivity index is 1.53. The van der Waals surface area contributed by atoms with Crippen molar-refractivity contribution < 1.29 is 19.4 Å². The number of anilines is 1. The van der Waals surface area contributed by atoms with Gasteiger partial charge in [0.05, 0.1) is 12.2 Å². The zero-order valence-corrected chi connectivity index (χ0v) is 16.5. The van der Waals surface area contributed by atoms with Crippen molar-refractivity contribution in [1.82, 2.24) is 0 Å². The van der Waals surface area contributed by atoms with Crippen LogP contribution in [0.15, 0.2) is 60.7 Å². The van der Waals surface area contributed by atoms with Gasteiger partial charge in [0.2, 0.25) is 0 Å². The number of nitrogens with zero attached hydrogens (tertiary/aromatic N) is 1. The minimum absolute atomic E-state index is 0.232. The van der Waals surface area contributed by atoms with E-state index in [4.69, 9.17) is 4.74 Å². The molecule has 0 bridgehead atoms. The molecule has 0 saturated heterocycles. The fraction of sp³-hybridized carbons (Fsp3) is 0.250. The summed E-state index contributed by atoms with van der Waals surface area (Å²) in [6.45, 7) is 3.83. The van der Waals surface area contributed by atoms with Gasteiger partial charge in [-0.25, -0.2) is 0 Å². The summed E-state index contributed by atoms with van der Waals surface area (Å²) in [5.74, 6) is 0.0106. The van der Waals surface area contributed by atoms with Crippen LogP contribution in [0.25, 0.3) is 10.8 Å². The molecule has 0 fully saturated rings. The van der Waals surface area contributed by atoms with Crippen molar-refractivity contribution in [3.8, 4) is 5.75 Å². The number of ether oxygens (including phenoxy) is 1. The molecule has 3 aromatic rings. The summed E-state index contributed by atoms with van der Waals surface area (Å²) in [7, 11) is 0. The Hall–Kier alpha value is -3.18. The smallest absolute Gasteiger partial charge is 0.264 e. The molecule has 1 amide bonds. The first-order chi connectivity index (χ1) is 13.9. The van der Waals surface area contributed by atoms with Crippen LogP contribution in [-0.2, 0) is 15.2 Å². The van der Waals surface area contributed by atoms with Gasteiger partial charge in [0.25, 0.3) is 5.91 Å². The molecular weight excluding hydrogens is 366 g/mol. The number of benzene rings is 3. The van der Waals surface area contributed by atoms with Gasteiger partial charge < -0.3 is 14.7 Å². The average molecular weight is 389 g/mol. The highest BCUT2D eigenvalue weighted by atomic mass is 16.5. The molecule has 148 valence electrons. The van der Waals surface area contributed by atoms with E-state index in [1.54, 1.807) is 6.07 Å². The lowest BCUT2D eigenvalue weighted by Crippen LogP contribution is -2.43. The molecule has 0 radical (unpaired) electrons. The van der Waals surface area contributed by atoms with Crippen molar-refractivity contribution in [1.29, 1.82) is 0 Å². The van der Waals surface area contributed by atoms with Crippen LogP contribution in [0.3, 0.4) is 0 Å². The molecule has 4 rings (SSSR count). The van der Waals surface area contributed by atoms with Crippen molar-refractivity contribution in [2.75, 3.05) is 18.1 Å². The van der Waals surface area contributed by atoms with Gasteiger partial charge in [-0.15, -0.1) is 0 Å². The number of hydrogen-bond acceptors (Lipinski definition) is 4. The number of aliphatic hydroxyl groups is 1. The van der Waals surface area contributed by atoms with Crippen molar-refractivity contribution in [3.05, 3.63) is 71.8 Å². The predicted octanol–water partition coefficient (Wildman–Crippen LogP) is 3.74. The fourth-order valence-electron chi connectivity index (χ4n) is 3.93. The topological polar surface area (TPSA) is 66.8 Å². The Morgan fingerprint density at radius 2 is 1.83 bits per heavy atom. The molecule has 1 aliphatic rings. The number of fused-ring (bicyclic) bond motifs is 2. The molecule has 5 heteroatoms. The minimum Gasteiger partial charge on any atom is -0.492 e. The molecule has 5 nitrogen and oxygen atoms in total. The van der Waals surface area contributed by atoms with Gasteiger partial charge in [0.15, 0.2) is 5.60 Å². The van der Waals surface area contributed by atoms with Crippen LogP contribution < -0.4 is 9.64 Å². The molecule has 0 spiro atoms. The molecule has 29 heavy (non-hydrogen) atoms. The molecule has 1 heterocycles. The number of Topliss-reactive ketones (excluding diaryl/α,β-unsaturated/α-hetero) is 1. The van der Waals surface area contributed by atoms with E-state index in [1.165, 1.54) is 11.8 Å². The summed E-state index contributed by atoms with van der Waals surface area (Å²) < 4.78 is 5.87. The summed E-state index contributed by atoms with van der Waals surface area (Å²) in [4.78, 5) is 26.2. The second-order valence-corrected chi connectivity index (χ2v) is 7.57. The number of carbonyl (C=O) groups excluding carboxylic acids is 2. The molecule has 1 aliphatic heterocycles. The van der Waals surface area contributed by atoms with Crippen molar-refractivity contribution in [2.45, 2.75) is 25.9 Å². The van der Waals surface area contributed by atoms with Crippen LogP contribution >= 0.6 is 0 Å². The summed E-state index contributed by atoms with van der Waals surface area (Å²) in [5.41, 5.74) is 0.235. The Kier molecular flexibility index (Phi) is 4.84. The standard InChI is InChI=1S/C24H23NO4/c1-16-7-10-22-21(13-16)24(28,15-17(2)26)23(27)25(22)11-12-29-20-9-8-18-5-3-4-6-19(18)14-20/h3-10,13-14,28H,11-12,15H2,1-2H3/t24-/m0/s1. The second kappa shape index (κ2) is 7.33. The van der Waals surface area contributed by atoms with Gasteiger partial charge in [-0.05, 0) is 42.8 Å². The highest BCUT2D eigenvalue weighted by Gasteiger charge is 2.50. The van der Waals surface area contributed by atoms with Crippen LogP contribution in [0.4, 0.5) is 5.69 Å². The molecular formula is C24H23NO4.